The number of rotatable bonds is 9. The van der Waals surface area contributed by atoms with Crippen molar-refractivity contribution in [3.8, 4) is 0 Å². The van der Waals surface area contributed by atoms with E-state index in [0.717, 1.165) is 12.8 Å². The number of carbonyl (C=O) groups excluding carboxylic acids is 2. The van der Waals surface area contributed by atoms with E-state index >= 15 is 0 Å². The Hall–Kier alpha value is -1.30. The topological polar surface area (TPSA) is 84.9 Å². The van der Waals surface area contributed by atoms with Crippen molar-refractivity contribution in [1.29, 1.82) is 0 Å². The lowest BCUT2D eigenvalue weighted by molar-refractivity contribution is -0.145. The summed E-state index contributed by atoms with van der Waals surface area (Å²) in [6.45, 7) is 7.83. The van der Waals surface area contributed by atoms with E-state index in [1.807, 2.05) is 6.92 Å². The Bertz CT molecular complexity index is 312. The van der Waals surface area contributed by atoms with Gasteiger partial charge in [-0.1, -0.05) is 13.3 Å². The molecule has 0 bridgehead atoms. The third-order valence-electron chi connectivity index (χ3n) is 2.69. The molecule has 0 heterocycles. The lowest BCUT2D eigenvalue weighted by Gasteiger charge is -2.20. The van der Waals surface area contributed by atoms with Crippen LogP contribution < -0.4 is 5.32 Å². The molecule has 0 radical (unpaired) electrons. The van der Waals surface area contributed by atoms with E-state index in [-0.39, 0.29) is 25.1 Å². The summed E-state index contributed by atoms with van der Waals surface area (Å²) in [6, 6.07) is 0. The SMILES string of the molecule is CCCCC(=O)OCC(CO)CCNC(=O)OC(C)(C)C. The van der Waals surface area contributed by atoms with Crippen molar-refractivity contribution in [3.05, 3.63) is 0 Å². The molecule has 1 amide bonds. The molecule has 0 aromatic heterocycles. The van der Waals surface area contributed by atoms with Crippen LogP contribution in [0.15, 0.2) is 0 Å². The summed E-state index contributed by atoms with van der Waals surface area (Å²) in [7, 11) is 0. The molecule has 21 heavy (non-hydrogen) atoms. The molecule has 6 nitrogen and oxygen atoms in total. The van der Waals surface area contributed by atoms with E-state index in [9.17, 15) is 14.7 Å². The predicted octanol–water partition coefficient (Wildman–Crippen LogP) is 2.24. The van der Waals surface area contributed by atoms with Crippen molar-refractivity contribution in [2.45, 2.75) is 59.0 Å². The number of unbranched alkanes of at least 4 members (excludes halogenated alkanes) is 1. The molecule has 0 aliphatic heterocycles. The van der Waals surface area contributed by atoms with Crippen LogP contribution >= 0.6 is 0 Å². The number of hydrogen-bond acceptors (Lipinski definition) is 5. The number of hydrogen-bond donors (Lipinski definition) is 2. The zero-order valence-corrected chi connectivity index (χ0v) is 13.6. The van der Waals surface area contributed by atoms with Crippen LogP contribution in [0.3, 0.4) is 0 Å². The number of nitrogens with one attached hydrogen (secondary N) is 1. The molecule has 1 unspecified atom stereocenters. The summed E-state index contributed by atoms with van der Waals surface area (Å²) in [5.41, 5.74) is -0.532. The van der Waals surface area contributed by atoms with Crippen LogP contribution in [0.1, 0.15) is 53.4 Å². The Kier molecular flexibility index (Phi) is 9.78. The maximum Gasteiger partial charge on any atom is 0.407 e. The van der Waals surface area contributed by atoms with Crippen molar-refractivity contribution in [3.63, 3.8) is 0 Å². The minimum atomic E-state index is -0.532. The van der Waals surface area contributed by atoms with Gasteiger partial charge in [0, 0.05) is 25.5 Å². The first-order valence-corrected chi connectivity index (χ1v) is 7.51. The Morgan fingerprint density at radius 3 is 2.48 bits per heavy atom. The van der Waals surface area contributed by atoms with Crippen LogP contribution in [0.2, 0.25) is 0 Å². The van der Waals surface area contributed by atoms with Gasteiger partial charge in [0.05, 0.1) is 6.61 Å². The lowest BCUT2D eigenvalue weighted by atomic mass is 10.1. The summed E-state index contributed by atoms with van der Waals surface area (Å²) < 4.78 is 10.2. The molecular weight excluding hydrogens is 274 g/mol. The van der Waals surface area contributed by atoms with E-state index in [0.29, 0.717) is 19.4 Å². The molecule has 6 heteroatoms. The van der Waals surface area contributed by atoms with Crippen molar-refractivity contribution in [2.75, 3.05) is 19.8 Å². The van der Waals surface area contributed by atoms with Crippen LogP contribution in [0, 0.1) is 5.92 Å². The number of ether oxygens (including phenoxy) is 2. The van der Waals surface area contributed by atoms with Gasteiger partial charge >= 0.3 is 12.1 Å². The molecule has 1 atom stereocenters. The van der Waals surface area contributed by atoms with Gasteiger partial charge in [-0.3, -0.25) is 4.79 Å². The van der Waals surface area contributed by atoms with Gasteiger partial charge in [0.2, 0.25) is 0 Å². The average molecular weight is 303 g/mol. The van der Waals surface area contributed by atoms with Crippen LogP contribution in [0.4, 0.5) is 4.79 Å². The standard InChI is InChI=1S/C15H29NO5/c1-5-6-7-13(18)20-11-12(10-17)8-9-16-14(19)21-15(2,3)4/h12,17H,5-11H2,1-4H3,(H,16,19). The summed E-state index contributed by atoms with van der Waals surface area (Å²) in [5.74, 6) is -0.416. The second-order valence-electron chi connectivity index (χ2n) is 6.05. The van der Waals surface area contributed by atoms with E-state index in [4.69, 9.17) is 9.47 Å². The number of alkyl carbamates (subject to hydrolysis) is 1. The normalized spacial score (nSPS) is 12.6. The van der Waals surface area contributed by atoms with Gasteiger partial charge in [0.15, 0.2) is 0 Å². The minimum absolute atomic E-state index is 0.0863. The van der Waals surface area contributed by atoms with E-state index in [1.54, 1.807) is 20.8 Å². The zero-order chi connectivity index (χ0) is 16.3. The van der Waals surface area contributed by atoms with Gasteiger partial charge in [-0.15, -0.1) is 0 Å². The van der Waals surface area contributed by atoms with E-state index in [2.05, 4.69) is 5.32 Å². The van der Waals surface area contributed by atoms with Crippen LogP contribution in [-0.2, 0) is 14.3 Å². The van der Waals surface area contributed by atoms with Crippen molar-refractivity contribution in [2.24, 2.45) is 5.92 Å². The fraction of sp³-hybridized carbons (Fsp3) is 0.867. The average Bonchev–Trinajstić information content (AvgIpc) is 2.38. The van der Waals surface area contributed by atoms with Gasteiger partial charge in [0.1, 0.15) is 5.60 Å². The highest BCUT2D eigenvalue weighted by Gasteiger charge is 2.16. The second kappa shape index (κ2) is 10.4. The lowest BCUT2D eigenvalue weighted by Crippen LogP contribution is -2.34. The smallest absolute Gasteiger partial charge is 0.407 e. The maximum atomic E-state index is 11.4. The minimum Gasteiger partial charge on any atom is -0.465 e. The first-order valence-electron chi connectivity index (χ1n) is 7.51. The van der Waals surface area contributed by atoms with Gasteiger partial charge < -0.3 is 19.9 Å². The Morgan fingerprint density at radius 1 is 1.29 bits per heavy atom. The number of amides is 1. The van der Waals surface area contributed by atoms with E-state index in [1.165, 1.54) is 0 Å². The van der Waals surface area contributed by atoms with Gasteiger partial charge in [-0.2, -0.15) is 0 Å². The maximum absolute atomic E-state index is 11.4. The molecule has 0 aromatic rings. The highest BCUT2D eigenvalue weighted by molar-refractivity contribution is 5.69. The molecule has 2 N–H and O–H groups in total. The third kappa shape index (κ3) is 12.2. The highest BCUT2D eigenvalue weighted by atomic mass is 16.6. The Labute approximate surface area is 127 Å². The zero-order valence-electron chi connectivity index (χ0n) is 13.6. The highest BCUT2D eigenvalue weighted by Crippen LogP contribution is 2.07. The first-order chi connectivity index (χ1) is 9.78. The fourth-order valence-corrected chi connectivity index (χ4v) is 1.52. The van der Waals surface area contributed by atoms with Crippen molar-refractivity contribution in [1.82, 2.24) is 5.32 Å². The van der Waals surface area contributed by atoms with Crippen molar-refractivity contribution < 1.29 is 24.2 Å². The van der Waals surface area contributed by atoms with Gasteiger partial charge in [-0.05, 0) is 33.6 Å². The van der Waals surface area contributed by atoms with Gasteiger partial charge in [-0.25, -0.2) is 4.79 Å². The monoisotopic (exact) mass is 303 g/mol. The molecule has 0 spiro atoms. The summed E-state index contributed by atoms with van der Waals surface area (Å²) in [5, 5.41) is 11.8. The molecule has 0 rings (SSSR count). The molecule has 124 valence electrons. The molecule has 0 aliphatic rings. The Morgan fingerprint density at radius 2 is 1.95 bits per heavy atom. The molecule has 0 aromatic carbocycles. The Balaban J connectivity index is 3.84. The first kappa shape index (κ1) is 19.7. The number of esters is 1. The number of carbonyl (C=O) groups is 2. The van der Waals surface area contributed by atoms with Crippen molar-refractivity contribution >= 4 is 12.1 Å². The molecule has 0 aliphatic carbocycles. The van der Waals surface area contributed by atoms with Crippen LogP contribution in [-0.4, -0.2) is 42.5 Å². The quantitative estimate of drug-likeness (QED) is 0.638. The summed E-state index contributed by atoms with van der Waals surface area (Å²) >= 11 is 0. The fourth-order valence-electron chi connectivity index (χ4n) is 1.52. The largest absolute Gasteiger partial charge is 0.465 e. The molecule has 0 saturated heterocycles. The number of aliphatic hydroxyl groups is 1. The van der Waals surface area contributed by atoms with Gasteiger partial charge in [0.25, 0.3) is 0 Å². The molecular formula is C15H29NO5. The third-order valence-corrected chi connectivity index (χ3v) is 2.69. The van der Waals surface area contributed by atoms with Crippen LogP contribution in [0.5, 0.6) is 0 Å². The number of aliphatic hydroxyl groups excluding tert-OH is 1. The second-order valence-corrected chi connectivity index (χ2v) is 6.05. The van der Waals surface area contributed by atoms with Crippen LogP contribution in [0.25, 0.3) is 0 Å². The molecule has 0 fully saturated rings. The summed E-state index contributed by atoms with van der Waals surface area (Å²) in [4.78, 5) is 22.8. The van der Waals surface area contributed by atoms with E-state index < -0.39 is 11.7 Å². The predicted molar refractivity (Wildman–Crippen MR) is 79.9 cm³/mol. The summed E-state index contributed by atoms with van der Waals surface area (Å²) in [6.07, 6.45) is 2.20. The molecule has 0 saturated carbocycles.